The molecule has 1 atom stereocenters. The number of aliphatic carboxylic acids is 2. The average molecular weight is 1230 g/mol. The number of carboxylic acids is 2. The van der Waals surface area contributed by atoms with E-state index in [9.17, 15) is 39.0 Å². The number of carbonyl (C=O) groups is 6. The number of H-pyrrole nitrogens is 2. The summed E-state index contributed by atoms with van der Waals surface area (Å²) < 4.78 is 9.67. The fourth-order valence-electron chi connectivity index (χ4n) is 9.96. The molecule has 24 heteroatoms. The molecule has 0 bridgehead atoms. The Morgan fingerprint density at radius 1 is 0.522 bits per heavy atom. The number of amides is 2. The minimum absolute atomic E-state index is 0. The summed E-state index contributed by atoms with van der Waals surface area (Å²) >= 11 is 0. The Morgan fingerprint density at radius 2 is 0.878 bits per heavy atom. The molecular weight excluding hydrogens is 1160 g/mol. The van der Waals surface area contributed by atoms with Crippen molar-refractivity contribution in [2.75, 3.05) is 118 Å². The number of likely N-dealkylation sites (N-methyl/N-ethyl adjacent to an activating group) is 4. The number of esters is 2. The molecule has 2 aromatic heterocycles. The number of ether oxygens (including phenoxy) is 2. The van der Waals surface area contributed by atoms with Gasteiger partial charge in [0, 0.05) is 111 Å². The number of fused-ring (bicyclic) bond motifs is 2. The van der Waals surface area contributed by atoms with Crippen molar-refractivity contribution in [3.8, 4) is 11.8 Å². The summed E-state index contributed by atoms with van der Waals surface area (Å²) in [4.78, 5) is 97.4. The van der Waals surface area contributed by atoms with Crippen molar-refractivity contribution in [3.05, 3.63) is 179 Å². The van der Waals surface area contributed by atoms with Crippen LogP contribution in [-0.2, 0) is 28.7 Å². The number of rotatable bonds is 17. The zero-order chi connectivity index (χ0) is 63.9. The summed E-state index contributed by atoms with van der Waals surface area (Å²) in [5.74, 6) is -3.77. The Hall–Kier alpha value is -10.1. The molecule has 472 valence electrons. The second-order valence-electron chi connectivity index (χ2n) is 21.4. The Bertz CT molecular complexity index is 3620. The van der Waals surface area contributed by atoms with Crippen LogP contribution in [0.15, 0.2) is 156 Å². The van der Waals surface area contributed by atoms with Crippen LogP contribution >= 0.6 is 0 Å². The lowest BCUT2D eigenvalue weighted by Crippen LogP contribution is -2.48. The zero-order valence-corrected chi connectivity index (χ0v) is 50.8. The number of aromatic amines is 2. The standard InChI is InChI=1S/2C31H33N5O4.C4H6O5.H2O/c2*1-34-15-17-36(18-16-34)20-27(37)35(2)24-12-10-23(11-13-24)32-29(21-7-5-4-6-8-21)28-25-14-9-22(31(39)40-3)19-26(25)33-30(28)38;5-2(4(8)9)1-3(6)7;/h2*4-14,19,33,38H,15-18,20H2,1-3H3;2,5H,1H2,(H,6,7)(H,8,9);1H2. The molecule has 0 spiro atoms. The number of carboxylic acid groups (broad SMARTS) is 2. The third-order valence-corrected chi connectivity index (χ3v) is 15.2. The molecule has 2 fully saturated rings. The number of nitrogens with one attached hydrogen (secondary N) is 2. The summed E-state index contributed by atoms with van der Waals surface area (Å²) in [5.41, 5.74) is 8.68. The van der Waals surface area contributed by atoms with Gasteiger partial charge in [0.15, 0.2) is 17.9 Å². The Kier molecular flexibility index (Phi) is 23.4. The highest BCUT2D eigenvalue weighted by atomic mass is 16.5. The number of nitrogens with zero attached hydrogens (tertiary/aromatic N) is 8. The maximum atomic E-state index is 12.9. The number of piperazine rings is 2. The summed E-state index contributed by atoms with van der Waals surface area (Å²) in [5, 5.41) is 47.5. The third-order valence-electron chi connectivity index (χ3n) is 15.2. The van der Waals surface area contributed by atoms with E-state index in [4.69, 9.17) is 34.8 Å². The average Bonchev–Trinajstić information content (AvgIpc) is 1.66. The van der Waals surface area contributed by atoms with Crippen LogP contribution in [0.5, 0.6) is 11.8 Å². The summed E-state index contributed by atoms with van der Waals surface area (Å²) in [6, 6.07) is 44.3. The van der Waals surface area contributed by atoms with E-state index in [0.29, 0.717) is 69.2 Å². The first-order valence-electron chi connectivity index (χ1n) is 28.5. The fraction of sp³-hybridized carbons (Fsp3) is 0.273. The number of methoxy groups -OCH3 is 2. The number of aliphatic hydroxyl groups is 1. The maximum absolute atomic E-state index is 12.9. The molecule has 0 saturated carbocycles. The molecule has 0 aliphatic carbocycles. The molecule has 2 amide bonds. The summed E-state index contributed by atoms with van der Waals surface area (Å²) in [6.45, 7) is 8.18. The molecular formula is C66H74N10O14. The van der Waals surface area contributed by atoms with Crippen LogP contribution in [0.1, 0.15) is 49.4 Å². The van der Waals surface area contributed by atoms with Gasteiger partial charge in [0.25, 0.3) is 0 Å². The lowest BCUT2D eigenvalue weighted by Gasteiger charge is -2.32. The molecule has 4 heterocycles. The van der Waals surface area contributed by atoms with E-state index >= 15 is 0 Å². The molecule has 24 nitrogen and oxygen atoms in total. The molecule has 1 unspecified atom stereocenters. The highest BCUT2D eigenvalue weighted by molar-refractivity contribution is 6.23. The first-order valence-corrected chi connectivity index (χ1v) is 28.5. The molecule has 8 aromatic rings. The smallest absolute Gasteiger partial charge is 0.337 e. The van der Waals surface area contributed by atoms with Crippen LogP contribution in [0.2, 0.25) is 0 Å². The van der Waals surface area contributed by atoms with E-state index in [0.717, 1.165) is 85.6 Å². The highest BCUT2D eigenvalue weighted by Crippen LogP contribution is 2.35. The summed E-state index contributed by atoms with van der Waals surface area (Å²) in [7, 11) is 10.4. The molecule has 2 aliphatic heterocycles. The van der Waals surface area contributed by atoms with Gasteiger partial charge in [0.1, 0.15) is 0 Å². The predicted octanol–water partition coefficient (Wildman–Crippen LogP) is 6.16. The molecule has 2 saturated heterocycles. The van der Waals surface area contributed by atoms with Crippen molar-refractivity contribution in [3.63, 3.8) is 0 Å². The number of aliphatic imine (C=N–C) groups is 2. The number of hydrogen-bond acceptors (Lipinski definition) is 17. The number of benzene rings is 6. The van der Waals surface area contributed by atoms with Crippen LogP contribution in [0.25, 0.3) is 21.8 Å². The van der Waals surface area contributed by atoms with Crippen molar-refractivity contribution >= 4 is 91.7 Å². The molecule has 2 aliphatic rings. The van der Waals surface area contributed by atoms with Gasteiger partial charge in [-0.2, -0.15) is 0 Å². The van der Waals surface area contributed by atoms with Gasteiger partial charge in [-0.1, -0.05) is 72.8 Å². The van der Waals surface area contributed by atoms with E-state index < -0.39 is 36.4 Å². The van der Waals surface area contributed by atoms with Crippen molar-refractivity contribution in [1.29, 1.82) is 0 Å². The fourth-order valence-corrected chi connectivity index (χ4v) is 9.96. The largest absolute Gasteiger partial charge is 0.494 e. The number of carbonyl (C=O) groups excluding carboxylic acids is 4. The van der Waals surface area contributed by atoms with Gasteiger partial charge >= 0.3 is 23.9 Å². The molecule has 10 rings (SSSR count). The monoisotopic (exact) mass is 1230 g/mol. The lowest BCUT2D eigenvalue weighted by atomic mass is 10.00. The lowest BCUT2D eigenvalue weighted by molar-refractivity contribution is -0.152. The van der Waals surface area contributed by atoms with Gasteiger partial charge in [-0.25, -0.2) is 24.4 Å². The van der Waals surface area contributed by atoms with Gasteiger partial charge in [-0.15, -0.1) is 0 Å². The van der Waals surface area contributed by atoms with Crippen LogP contribution in [0.3, 0.4) is 0 Å². The van der Waals surface area contributed by atoms with E-state index in [2.05, 4.69) is 43.7 Å². The van der Waals surface area contributed by atoms with Gasteiger partial charge in [-0.05, 0) is 86.9 Å². The predicted molar refractivity (Wildman–Crippen MR) is 343 cm³/mol. The Labute approximate surface area is 519 Å². The number of aromatic nitrogens is 2. The van der Waals surface area contributed by atoms with Crippen LogP contribution < -0.4 is 9.80 Å². The van der Waals surface area contributed by atoms with Crippen molar-refractivity contribution < 1.29 is 69.2 Å². The van der Waals surface area contributed by atoms with Gasteiger partial charge < -0.3 is 70.1 Å². The van der Waals surface area contributed by atoms with Crippen LogP contribution in [-0.4, -0.2) is 222 Å². The first kappa shape index (κ1) is 67.4. The van der Waals surface area contributed by atoms with Crippen LogP contribution in [0.4, 0.5) is 22.7 Å². The van der Waals surface area contributed by atoms with E-state index in [1.54, 1.807) is 60.3 Å². The molecule has 9 N–H and O–H groups in total. The van der Waals surface area contributed by atoms with E-state index in [1.807, 2.05) is 109 Å². The molecule has 0 radical (unpaired) electrons. The zero-order valence-electron chi connectivity index (χ0n) is 50.8. The molecule has 90 heavy (non-hydrogen) atoms. The maximum Gasteiger partial charge on any atom is 0.337 e. The minimum atomic E-state index is -1.79. The van der Waals surface area contributed by atoms with E-state index in [-0.39, 0.29) is 29.1 Å². The van der Waals surface area contributed by atoms with Gasteiger partial charge in [0.2, 0.25) is 11.8 Å². The normalized spacial score (nSPS) is 14.4. The van der Waals surface area contributed by atoms with Crippen molar-refractivity contribution in [2.24, 2.45) is 9.98 Å². The SMILES string of the molecule is COC(=O)c1ccc2c(C(=Nc3ccc(N(C)C(=O)CN4CCN(C)CC4)cc3)c3ccccc3)c(O)[nH]c2c1.COC(=O)c1ccc2c(C(=Nc3ccc(N(C)C(=O)CN4CCN(C)CC4)cc3)c3ccccc3)c(O)[nH]c2c1.O.O=C(O)CC(O)C(=O)O. The first-order chi connectivity index (χ1) is 42.7. The highest BCUT2D eigenvalue weighted by Gasteiger charge is 2.25. The second-order valence-corrected chi connectivity index (χ2v) is 21.4. The Balaban J connectivity index is 0.000000223. The van der Waals surface area contributed by atoms with Crippen molar-refractivity contribution in [1.82, 2.24) is 29.6 Å². The topological polar surface area (TPSA) is 329 Å². The summed E-state index contributed by atoms with van der Waals surface area (Å²) in [6.07, 6.45) is -2.54. The Morgan fingerprint density at radius 3 is 1.19 bits per heavy atom. The molecule has 6 aromatic carbocycles. The number of hydrogen-bond donors (Lipinski definition) is 7. The number of aromatic hydroxyl groups is 2. The van der Waals surface area contributed by atoms with E-state index in [1.165, 1.54) is 14.2 Å². The second kappa shape index (κ2) is 31.2. The number of aliphatic hydroxyl groups excluding tert-OH is 1. The van der Waals surface area contributed by atoms with Gasteiger partial charge in [-0.3, -0.25) is 24.2 Å². The minimum Gasteiger partial charge on any atom is -0.494 e. The van der Waals surface area contributed by atoms with Crippen LogP contribution in [0, 0.1) is 0 Å². The quantitative estimate of drug-likeness (QED) is 0.0396. The number of anilines is 2. The third kappa shape index (κ3) is 17.2. The van der Waals surface area contributed by atoms with Crippen molar-refractivity contribution in [2.45, 2.75) is 12.5 Å². The van der Waals surface area contributed by atoms with Gasteiger partial charge in [0.05, 0.1) is 78.8 Å².